The molecule has 40 heavy (non-hydrogen) atoms. The van der Waals surface area contributed by atoms with Gasteiger partial charge >= 0.3 is 6.09 Å². The van der Waals surface area contributed by atoms with Crippen molar-refractivity contribution in [2.45, 2.75) is 32.0 Å². The first kappa shape index (κ1) is 26.3. The predicted octanol–water partition coefficient (Wildman–Crippen LogP) is 4.15. The molecule has 3 aliphatic rings. The molecule has 2 amide bonds. The van der Waals surface area contributed by atoms with E-state index < -0.39 is 6.09 Å². The number of ether oxygens (including phenoxy) is 3. The van der Waals surface area contributed by atoms with E-state index in [4.69, 9.17) is 14.2 Å². The third-order valence-electron chi connectivity index (χ3n) is 8.18. The second-order valence-corrected chi connectivity index (χ2v) is 10.7. The lowest BCUT2D eigenvalue weighted by Gasteiger charge is -2.40. The first-order chi connectivity index (χ1) is 19.6. The minimum atomic E-state index is -0.397. The molecule has 8 heteroatoms. The van der Waals surface area contributed by atoms with Gasteiger partial charge in [-0.15, -0.1) is 0 Å². The van der Waals surface area contributed by atoms with Gasteiger partial charge in [0.2, 0.25) is 0 Å². The van der Waals surface area contributed by atoms with E-state index in [0.717, 1.165) is 51.3 Å². The van der Waals surface area contributed by atoms with Gasteiger partial charge in [-0.05, 0) is 71.5 Å². The Labute approximate surface area is 235 Å². The van der Waals surface area contributed by atoms with E-state index >= 15 is 0 Å². The van der Waals surface area contributed by atoms with Crippen LogP contribution in [0.25, 0.3) is 0 Å². The van der Waals surface area contributed by atoms with Crippen molar-refractivity contribution in [1.29, 1.82) is 0 Å². The second kappa shape index (κ2) is 11.7. The number of morpholine rings is 1. The average Bonchev–Trinajstić information content (AvgIpc) is 3.00. The van der Waals surface area contributed by atoms with Crippen LogP contribution >= 0.6 is 0 Å². The third-order valence-corrected chi connectivity index (χ3v) is 8.18. The molecule has 3 aliphatic heterocycles. The summed E-state index contributed by atoms with van der Waals surface area (Å²) in [5, 5.41) is 0. The Morgan fingerprint density at radius 3 is 2.38 bits per heavy atom. The Bertz CT molecular complexity index is 1370. The molecule has 0 radical (unpaired) electrons. The summed E-state index contributed by atoms with van der Waals surface area (Å²) in [5.41, 5.74) is 5.35. The maximum absolute atomic E-state index is 14.0. The molecule has 208 valence electrons. The summed E-state index contributed by atoms with van der Waals surface area (Å²) in [4.78, 5) is 33.1. The number of methoxy groups -OCH3 is 1. The summed E-state index contributed by atoms with van der Waals surface area (Å²) < 4.78 is 16.3. The quantitative estimate of drug-likeness (QED) is 0.483. The van der Waals surface area contributed by atoms with Gasteiger partial charge in [-0.25, -0.2) is 4.79 Å². The zero-order chi connectivity index (χ0) is 27.5. The predicted molar refractivity (Wildman–Crippen MR) is 151 cm³/mol. The van der Waals surface area contributed by atoms with Crippen LogP contribution in [-0.2, 0) is 30.7 Å². The third kappa shape index (κ3) is 5.69. The number of fused-ring (bicyclic) bond motifs is 2. The van der Waals surface area contributed by atoms with Crippen LogP contribution in [0.3, 0.4) is 0 Å². The Morgan fingerprint density at radius 2 is 1.60 bits per heavy atom. The summed E-state index contributed by atoms with van der Waals surface area (Å²) in [5.74, 6) is 1.21. The zero-order valence-electron chi connectivity index (χ0n) is 22.9. The van der Waals surface area contributed by atoms with Crippen molar-refractivity contribution >= 4 is 12.0 Å². The molecule has 0 aliphatic carbocycles. The van der Waals surface area contributed by atoms with Gasteiger partial charge in [0, 0.05) is 50.9 Å². The fourth-order valence-electron chi connectivity index (χ4n) is 5.89. The summed E-state index contributed by atoms with van der Waals surface area (Å²) in [7, 11) is 1.60. The average molecular weight is 542 g/mol. The molecule has 1 fully saturated rings. The maximum atomic E-state index is 14.0. The summed E-state index contributed by atoms with van der Waals surface area (Å²) in [6.07, 6.45) is 1.17. The van der Waals surface area contributed by atoms with Crippen molar-refractivity contribution in [1.82, 2.24) is 14.7 Å². The van der Waals surface area contributed by atoms with E-state index in [0.29, 0.717) is 36.7 Å². The Kier molecular flexibility index (Phi) is 7.71. The van der Waals surface area contributed by atoms with Gasteiger partial charge in [-0.1, -0.05) is 30.3 Å². The van der Waals surface area contributed by atoms with Gasteiger partial charge in [0.25, 0.3) is 5.91 Å². The van der Waals surface area contributed by atoms with Crippen LogP contribution in [0.1, 0.15) is 32.6 Å². The molecule has 1 saturated heterocycles. The molecule has 3 aromatic carbocycles. The van der Waals surface area contributed by atoms with E-state index in [9.17, 15) is 9.59 Å². The largest absolute Gasteiger partial charge is 0.497 e. The van der Waals surface area contributed by atoms with Gasteiger partial charge in [0.05, 0.1) is 20.3 Å². The van der Waals surface area contributed by atoms with Crippen LogP contribution in [0.2, 0.25) is 0 Å². The highest BCUT2D eigenvalue weighted by molar-refractivity contribution is 5.95. The molecule has 0 aromatic heterocycles. The number of amides is 2. The smallest absolute Gasteiger partial charge is 0.415 e. The first-order valence-corrected chi connectivity index (χ1v) is 14.0. The molecule has 8 nitrogen and oxygen atoms in total. The number of hydrogen-bond acceptors (Lipinski definition) is 6. The number of carbonyl (C=O) groups is 2. The second-order valence-electron chi connectivity index (χ2n) is 10.7. The van der Waals surface area contributed by atoms with Gasteiger partial charge in [0.1, 0.15) is 11.5 Å². The summed E-state index contributed by atoms with van der Waals surface area (Å²) >= 11 is 0. The van der Waals surface area contributed by atoms with Crippen LogP contribution in [-0.4, -0.2) is 79.2 Å². The van der Waals surface area contributed by atoms with Crippen LogP contribution in [0.15, 0.2) is 66.7 Å². The molecule has 3 aromatic rings. The molecular weight excluding hydrogens is 506 g/mol. The first-order valence-electron chi connectivity index (χ1n) is 14.0. The molecular formula is C32H35N3O5. The van der Waals surface area contributed by atoms with E-state index in [2.05, 4.69) is 23.1 Å². The van der Waals surface area contributed by atoms with Crippen LogP contribution in [0, 0.1) is 0 Å². The minimum absolute atomic E-state index is 0.0356. The highest BCUT2D eigenvalue weighted by Crippen LogP contribution is 2.28. The number of benzene rings is 3. The van der Waals surface area contributed by atoms with Gasteiger partial charge in [-0.2, -0.15) is 0 Å². The number of hydrogen-bond donors (Lipinski definition) is 0. The molecule has 1 atom stereocenters. The van der Waals surface area contributed by atoms with Gasteiger partial charge in [0.15, 0.2) is 0 Å². The standard InChI is InChI=1S/C32H35N3O5/c1-38-29-8-10-30(11-9-29)40-32(37)34-13-12-23-6-7-25(18-27(23)20-34)31(36)35-21-26-5-3-2-4-24(26)19-28(35)22-33-14-16-39-17-15-33/h2-11,18,28H,12-17,19-22H2,1H3/t28-/m0/s1. The van der Waals surface area contributed by atoms with Crippen molar-refractivity contribution in [2.24, 2.45) is 0 Å². The molecule has 0 unspecified atom stereocenters. The Morgan fingerprint density at radius 1 is 0.850 bits per heavy atom. The van der Waals surface area contributed by atoms with E-state index in [1.165, 1.54) is 16.7 Å². The monoisotopic (exact) mass is 541 g/mol. The molecule has 0 spiro atoms. The minimum Gasteiger partial charge on any atom is -0.497 e. The highest BCUT2D eigenvalue weighted by atomic mass is 16.6. The zero-order valence-corrected chi connectivity index (χ0v) is 22.9. The number of rotatable bonds is 5. The number of nitrogens with zero attached hydrogens (tertiary/aromatic N) is 3. The van der Waals surface area contributed by atoms with E-state index in [-0.39, 0.29) is 11.9 Å². The molecule has 3 heterocycles. The van der Waals surface area contributed by atoms with Crippen molar-refractivity contribution in [3.8, 4) is 11.5 Å². The maximum Gasteiger partial charge on any atom is 0.415 e. The van der Waals surface area contributed by atoms with Crippen molar-refractivity contribution in [3.05, 3.63) is 94.5 Å². The van der Waals surface area contributed by atoms with Crippen LogP contribution < -0.4 is 9.47 Å². The summed E-state index contributed by atoms with van der Waals surface area (Å²) in [6.45, 7) is 5.66. The van der Waals surface area contributed by atoms with Gasteiger partial charge < -0.3 is 24.0 Å². The van der Waals surface area contributed by atoms with Crippen molar-refractivity contribution in [2.75, 3.05) is 46.5 Å². The lowest BCUT2D eigenvalue weighted by molar-refractivity contribution is 0.0193. The molecule has 0 N–H and O–H groups in total. The molecule has 0 saturated carbocycles. The van der Waals surface area contributed by atoms with Crippen LogP contribution in [0.4, 0.5) is 4.79 Å². The van der Waals surface area contributed by atoms with Crippen molar-refractivity contribution in [3.63, 3.8) is 0 Å². The Balaban J connectivity index is 1.18. The fourth-order valence-corrected chi connectivity index (χ4v) is 5.89. The lowest BCUT2D eigenvalue weighted by atomic mass is 9.92. The normalized spacial score (nSPS) is 19.0. The highest BCUT2D eigenvalue weighted by Gasteiger charge is 2.33. The fraction of sp³-hybridized carbons (Fsp3) is 0.375. The summed E-state index contributed by atoms with van der Waals surface area (Å²) in [6, 6.07) is 21.4. The lowest BCUT2D eigenvalue weighted by Crippen LogP contribution is -2.52. The van der Waals surface area contributed by atoms with Crippen molar-refractivity contribution < 1.29 is 23.8 Å². The number of carbonyl (C=O) groups excluding carboxylic acids is 2. The molecule has 6 rings (SSSR count). The SMILES string of the molecule is COc1ccc(OC(=O)N2CCc3ccc(C(=O)N4Cc5ccccc5C[C@H]4CN4CCOCC4)cc3C2)cc1. The van der Waals surface area contributed by atoms with Gasteiger partial charge in [-0.3, -0.25) is 9.69 Å². The topological polar surface area (TPSA) is 71.6 Å². The Hall–Kier alpha value is -3.88. The van der Waals surface area contributed by atoms with E-state index in [1.54, 1.807) is 36.3 Å². The van der Waals surface area contributed by atoms with Crippen LogP contribution in [0.5, 0.6) is 11.5 Å². The molecule has 0 bridgehead atoms. The van der Waals surface area contributed by atoms with E-state index in [1.807, 2.05) is 29.2 Å².